The van der Waals surface area contributed by atoms with Crippen molar-refractivity contribution >= 4 is 17.9 Å². The summed E-state index contributed by atoms with van der Waals surface area (Å²) in [5, 5.41) is 23.5. The minimum absolute atomic E-state index is 0.0469. The van der Waals surface area contributed by atoms with Crippen molar-refractivity contribution in [2.45, 2.75) is 146 Å². The average Bonchev–Trinajstić information content (AvgIpc) is 3.10. The Kier molecular flexibility index (Phi) is 11.3. The molecule has 52 heavy (non-hydrogen) atoms. The van der Waals surface area contributed by atoms with Gasteiger partial charge < -0.3 is 24.4 Å². The molecule has 0 heterocycles. The third-order valence-corrected chi connectivity index (χ3v) is 15.8. The van der Waals surface area contributed by atoms with Crippen LogP contribution in [0.4, 0.5) is 0 Å². The molecule has 0 bridgehead atoms. The summed E-state index contributed by atoms with van der Waals surface area (Å²) >= 11 is 0. The molecule has 0 aliphatic heterocycles. The molecule has 0 aromatic rings. The van der Waals surface area contributed by atoms with Crippen LogP contribution < -0.4 is 0 Å². The Morgan fingerprint density at radius 3 is 2.02 bits per heavy atom. The molecule has 0 aromatic heterocycles. The van der Waals surface area contributed by atoms with E-state index in [9.17, 15) is 24.6 Å². The number of hydrogen-bond donors (Lipinski definition) is 2. The van der Waals surface area contributed by atoms with Crippen molar-refractivity contribution in [1.29, 1.82) is 0 Å². The van der Waals surface area contributed by atoms with Crippen LogP contribution in [0, 0.1) is 50.7 Å². The largest absolute Gasteiger partial charge is 0.462 e. The highest BCUT2D eigenvalue weighted by Gasteiger charge is 2.70. The van der Waals surface area contributed by atoms with Gasteiger partial charge in [0.05, 0.1) is 19.3 Å². The van der Waals surface area contributed by atoms with Gasteiger partial charge in [-0.05, 0) is 127 Å². The number of esters is 3. The molecule has 5 aliphatic carbocycles. The summed E-state index contributed by atoms with van der Waals surface area (Å²) in [6.45, 7) is 22.3. The van der Waals surface area contributed by atoms with Crippen LogP contribution >= 0.6 is 0 Å². The van der Waals surface area contributed by atoms with Crippen molar-refractivity contribution in [3.63, 3.8) is 0 Å². The fourth-order valence-corrected chi connectivity index (χ4v) is 11.7. The van der Waals surface area contributed by atoms with E-state index < -0.39 is 17.6 Å². The lowest BCUT2D eigenvalue weighted by Gasteiger charge is -2.71. The summed E-state index contributed by atoms with van der Waals surface area (Å²) in [7, 11) is 0. The minimum Gasteiger partial charge on any atom is -0.462 e. The normalized spacial score (nSPS) is 41.7. The number of carbonyl (C=O) groups excluding carboxylic acids is 3. The summed E-state index contributed by atoms with van der Waals surface area (Å²) in [5.41, 5.74) is 1.31. The maximum Gasteiger partial charge on any atom is 0.333 e. The Labute approximate surface area is 312 Å². The zero-order chi connectivity index (χ0) is 38.6. The Hall–Kier alpha value is -2.71. The summed E-state index contributed by atoms with van der Waals surface area (Å²) in [4.78, 5) is 38.9. The maximum atomic E-state index is 13.1. The first-order valence-electron chi connectivity index (χ1n) is 19.8. The number of allylic oxidation sites excluding steroid dienone is 5. The molecule has 0 aromatic carbocycles. The topological polar surface area (TPSA) is 119 Å². The Balaban J connectivity index is 1.50. The summed E-state index contributed by atoms with van der Waals surface area (Å²) in [6.07, 6.45) is 12.1. The van der Waals surface area contributed by atoms with Crippen molar-refractivity contribution in [2.24, 2.45) is 50.7 Å². The second-order valence-corrected chi connectivity index (χ2v) is 18.5. The Morgan fingerprint density at radius 2 is 1.42 bits per heavy atom. The molecule has 4 saturated carbocycles. The Morgan fingerprint density at radius 1 is 0.827 bits per heavy atom. The molecule has 5 rings (SSSR count). The van der Waals surface area contributed by atoms with Gasteiger partial charge in [-0.3, -0.25) is 0 Å². The summed E-state index contributed by atoms with van der Waals surface area (Å²) < 4.78 is 18.3. The SMILES string of the molecule is C/C=C(\C)C(=O)OC[C@@H]1C2CC[C@]3(C)C(CC=C4C5CC(C)(C)[C@@H](OC(=O)/C(C)=C/C)C[C@]5(CO)[C@H](O)C[C@]43C)[C@@]2(C)CC[C@@H]1OC(=O)/C(C)=C/C. The first-order chi connectivity index (χ1) is 24.3. The lowest BCUT2D eigenvalue weighted by molar-refractivity contribution is -0.223. The van der Waals surface area contributed by atoms with Crippen LogP contribution in [0.25, 0.3) is 0 Å². The van der Waals surface area contributed by atoms with Crippen LogP contribution in [0.15, 0.2) is 46.6 Å². The van der Waals surface area contributed by atoms with Gasteiger partial charge in [0.25, 0.3) is 0 Å². The first kappa shape index (κ1) is 40.5. The van der Waals surface area contributed by atoms with Gasteiger partial charge in [0.2, 0.25) is 0 Å². The molecule has 0 saturated heterocycles. The van der Waals surface area contributed by atoms with Crippen LogP contribution in [0.3, 0.4) is 0 Å². The third-order valence-electron chi connectivity index (χ3n) is 15.8. The van der Waals surface area contributed by atoms with Crippen molar-refractivity contribution < 1.29 is 38.8 Å². The fourth-order valence-electron chi connectivity index (χ4n) is 11.7. The van der Waals surface area contributed by atoms with E-state index in [2.05, 4.69) is 40.7 Å². The highest BCUT2D eigenvalue weighted by molar-refractivity contribution is 5.88. The van der Waals surface area contributed by atoms with E-state index in [4.69, 9.17) is 14.2 Å². The summed E-state index contributed by atoms with van der Waals surface area (Å²) in [5.74, 6) is -0.706. The number of aliphatic hydroxyl groups excluding tert-OH is 2. The zero-order valence-corrected chi connectivity index (χ0v) is 33.8. The van der Waals surface area contributed by atoms with Crippen molar-refractivity contribution in [1.82, 2.24) is 0 Å². The number of aliphatic hydroxyl groups is 2. The predicted octanol–water partition coefficient (Wildman–Crippen LogP) is 8.22. The first-order valence-corrected chi connectivity index (χ1v) is 19.8. The van der Waals surface area contributed by atoms with Crippen molar-refractivity contribution in [2.75, 3.05) is 13.2 Å². The quantitative estimate of drug-likeness (QED) is 0.111. The number of carbonyl (C=O) groups is 3. The monoisotopic (exact) mass is 722 g/mol. The molecular weight excluding hydrogens is 656 g/mol. The second-order valence-electron chi connectivity index (χ2n) is 18.5. The number of ether oxygens (including phenoxy) is 3. The zero-order valence-electron chi connectivity index (χ0n) is 33.8. The van der Waals surface area contributed by atoms with Crippen LogP contribution in [-0.2, 0) is 28.6 Å². The summed E-state index contributed by atoms with van der Waals surface area (Å²) in [6, 6.07) is 0. The number of rotatable bonds is 8. The molecule has 290 valence electrons. The fraction of sp³-hybridized carbons (Fsp3) is 0.750. The van der Waals surface area contributed by atoms with Gasteiger partial charge in [-0.25, -0.2) is 14.4 Å². The molecule has 8 heteroatoms. The Bertz CT molecular complexity index is 1550. The molecule has 0 amide bonds. The van der Waals surface area contributed by atoms with E-state index in [-0.39, 0.29) is 76.6 Å². The van der Waals surface area contributed by atoms with E-state index in [1.807, 2.05) is 20.8 Å². The van der Waals surface area contributed by atoms with Crippen LogP contribution in [0.2, 0.25) is 0 Å². The second kappa shape index (κ2) is 14.5. The molecule has 5 aliphatic rings. The van der Waals surface area contributed by atoms with Crippen molar-refractivity contribution in [3.8, 4) is 0 Å². The molecule has 11 atom stereocenters. The molecule has 8 nitrogen and oxygen atoms in total. The van der Waals surface area contributed by atoms with Gasteiger partial charge in [0, 0.05) is 33.5 Å². The third kappa shape index (κ3) is 6.35. The molecule has 0 radical (unpaired) electrons. The van der Waals surface area contributed by atoms with Crippen molar-refractivity contribution in [3.05, 3.63) is 46.6 Å². The molecule has 4 fully saturated rings. The molecule has 2 N–H and O–H groups in total. The van der Waals surface area contributed by atoms with Crippen LogP contribution in [-0.4, -0.2) is 59.6 Å². The lowest BCUT2D eigenvalue weighted by Crippen LogP contribution is -2.67. The van der Waals surface area contributed by atoms with Gasteiger partial charge in [0.1, 0.15) is 12.2 Å². The maximum absolute atomic E-state index is 13.1. The smallest absolute Gasteiger partial charge is 0.333 e. The van der Waals surface area contributed by atoms with Gasteiger partial charge in [-0.1, -0.05) is 64.5 Å². The average molecular weight is 723 g/mol. The van der Waals surface area contributed by atoms with Crippen LogP contribution in [0.1, 0.15) is 128 Å². The van der Waals surface area contributed by atoms with Gasteiger partial charge in [-0.15, -0.1) is 0 Å². The van der Waals surface area contributed by atoms with Crippen LogP contribution in [0.5, 0.6) is 0 Å². The highest BCUT2D eigenvalue weighted by Crippen LogP contribution is 2.75. The number of hydrogen-bond acceptors (Lipinski definition) is 8. The molecular formula is C44H66O8. The van der Waals surface area contributed by atoms with E-state index in [1.165, 1.54) is 5.57 Å². The van der Waals surface area contributed by atoms with E-state index >= 15 is 0 Å². The molecule has 3 unspecified atom stereocenters. The standard InChI is InChI=1S/C44H66O8/c1-12-26(4)37(47)50-24-29-30-17-20-42(10)34(41(30,9)19-18-33(29)51-38(48)27(5)13-2)16-15-31-32-21-40(7,8)36(52-39(49)28(6)14-3)23-44(32,25-45)35(46)22-43(31,42)11/h12-15,29-30,32-36,45-46H,16-25H2,1-11H3/b26-12+,27-13+,28-14+/t29-,30?,32?,33+,34?,35-,36+,41+,42-,43-,44-/m1/s1. The predicted molar refractivity (Wildman–Crippen MR) is 202 cm³/mol. The van der Waals surface area contributed by atoms with E-state index in [1.54, 1.807) is 39.0 Å². The van der Waals surface area contributed by atoms with E-state index in [0.29, 0.717) is 48.3 Å². The van der Waals surface area contributed by atoms with Gasteiger partial charge >= 0.3 is 17.9 Å². The lowest BCUT2D eigenvalue weighted by atomic mass is 9.34. The van der Waals surface area contributed by atoms with Gasteiger partial charge in [0.15, 0.2) is 0 Å². The number of fused-ring (bicyclic) bond motifs is 7. The minimum atomic E-state index is -0.799. The molecule has 0 spiro atoms. The highest BCUT2D eigenvalue weighted by atomic mass is 16.6. The van der Waals surface area contributed by atoms with Gasteiger partial charge in [-0.2, -0.15) is 0 Å². The van der Waals surface area contributed by atoms with E-state index in [0.717, 1.165) is 25.7 Å².